The van der Waals surface area contributed by atoms with E-state index in [9.17, 15) is 9.59 Å². The molecule has 0 bridgehead atoms. The number of ether oxygens (including phenoxy) is 1. The third-order valence-electron chi connectivity index (χ3n) is 4.55. The predicted octanol–water partition coefficient (Wildman–Crippen LogP) is 3.69. The molecule has 0 fully saturated rings. The second-order valence-corrected chi connectivity index (χ2v) is 6.60. The smallest absolute Gasteiger partial charge is 0.414 e. The van der Waals surface area contributed by atoms with Crippen LogP contribution in [0.15, 0.2) is 60.7 Å². The van der Waals surface area contributed by atoms with Crippen LogP contribution in [0, 0.1) is 5.92 Å². The van der Waals surface area contributed by atoms with Gasteiger partial charge in [0, 0.05) is 0 Å². The van der Waals surface area contributed by atoms with Gasteiger partial charge in [0.05, 0.1) is 6.04 Å². The van der Waals surface area contributed by atoms with E-state index in [4.69, 9.17) is 4.74 Å². The van der Waals surface area contributed by atoms with E-state index in [1.807, 2.05) is 62.4 Å². The summed E-state index contributed by atoms with van der Waals surface area (Å²) in [6, 6.07) is 19.0. The third-order valence-corrected chi connectivity index (χ3v) is 4.55. The molecular formula is C22H28N2O3. The van der Waals surface area contributed by atoms with Crippen LogP contribution in [-0.2, 0) is 22.6 Å². The minimum Gasteiger partial charge on any atom is -0.444 e. The normalized spacial score (nSPS) is 12.8. The number of carbonyl (C=O) groups excluding carboxylic acids is 2. The van der Waals surface area contributed by atoms with E-state index < -0.39 is 12.1 Å². The lowest BCUT2D eigenvalue weighted by Crippen LogP contribution is -2.50. The quantitative estimate of drug-likeness (QED) is 0.708. The Kier molecular flexibility index (Phi) is 8.52. The van der Waals surface area contributed by atoms with E-state index in [1.165, 1.54) is 5.56 Å². The van der Waals surface area contributed by atoms with Crippen LogP contribution < -0.4 is 10.6 Å². The fourth-order valence-electron chi connectivity index (χ4n) is 2.74. The molecule has 0 aliphatic heterocycles. The molecule has 0 heterocycles. The van der Waals surface area contributed by atoms with Crippen molar-refractivity contribution >= 4 is 12.0 Å². The summed E-state index contributed by atoms with van der Waals surface area (Å²) in [6.45, 7) is 4.81. The van der Waals surface area contributed by atoms with Gasteiger partial charge < -0.3 is 10.1 Å². The summed E-state index contributed by atoms with van der Waals surface area (Å²) >= 11 is 0. The van der Waals surface area contributed by atoms with Gasteiger partial charge in [-0.2, -0.15) is 0 Å². The zero-order chi connectivity index (χ0) is 19.5. The monoisotopic (exact) mass is 368 g/mol. The Bertz CT molecular complexity index is 704. The maximum absolute atomic E-state index is 12.5. The topological polar surface area (TPSA) is 67.4 Å². The number of nitrogens with one attached hydrogen (secondary N) is 2. The van der Waals surface area contributed by atoms with Crippen molar-refractivity contribution in [1.29, 1.82) is 0 Å². The van der Waals surface area contributed by atoms with Crippen molar-refractivity contribution in [3.63, 3.8) is 0 Å². The van der Waals surface area contributed by atoms with Gasteiger partial charge in [-0.3, -0.25) is 10.1 Å². The zero-order valence-electron chi connectivity index (χ0n) is 16.0. The van der Waals surface area contributed by atoms with E-state index >= 15 is 0 Å². The zero-order valence-corrected chi connectivity index (χ0v) is 16.0. The van der Waals surface area contributed by atoms with Gasteiger partial charge in [-0.15, -0.1) is 0 Å². The van der Waals surface area contributed by atoms with Crippen molar-refractivity contribution in [3.05, 3.63) is 71.8 Å². The van der Waals surface area contributed by atoms with Gasteiger partial charge in [-0.05, 0) is 30.0 Å². The maximum atomic E-state index is 12.5. The lowest BCUT2D eigenvalue weighted by Gasteiger charge is -2.23. The van der Waals surface area contributed by atoms with Gasteiger partial charge in [0.15, 0.2) is 0 Å². The molecule has 0 unspecified atom stereocenters. The number of benzene rings is 2. The standard InChI is InChI=1S/C22H28N2O3/c1-3-17(2)20(23-15-14-18-10-6-4-7-11-18)21(25)24-22(26)27-16-19-12-8-5-9-13-19/h4-13,17,20,23H,3,14-16H2,1-2H3,(H,24,25,26)/t17-,20-/m0/s1. The highest BCUT2D eigenvalue weighted by Gasteiger charge is 2.25. The number of hydrogen-bond donors (Lipinski definition) is 2. The van der Waals surface area contributed by atoms with Crippen molar-refractivity contribution in [3.8, 4) is 0 Å². The van der Waals surface area contributed by atoms with Crippen LogP contribution in [0.2, 0.25) is 0 Å². The molecule has 0 radical (unpaired) electrons. The highest BCUT2D eigenvalue weighted by atomic mass is 16.5. The highest BCUT2D eigenvalue weighted by Crippen LogP contribution is 2.09. The highest BCUT2D eigenvalue weighted by molar-refractivity contribution is 5.95. The van der Waals surface area contributed by atoms with Crippen molar-refractivity contribution in [2.75, 3.05) is 6.54 Å². The van der Waals surface area contributed by atoms with Gasteiger partial charge >= 0.3 is 6.09 Å². The molecule has 0 spiro atoms. The van der Waals surface area contributed by atoms with Crippen LogP contribution in [0.4, 0.5) is 4.79 Å². The fraction of sp³-hybridized carbons (Fsp3) is 0.364. The Hall–Kier alpha value is -2.66. The summed E-state index contributed by atoms with van der Waals surface area (Å²) < 4.78 is 5.14. The van der Waals surface area contributed by atoms with Crippen LogP contribution in [-0.4, -0.2) is 24.6 Å². The average Bonchev–Trinajstić information content (AvgIpc) is 2.70. The van der Waals surface area contributed by atoms with Crippen molar-refractivity contribution in [2.45, 2.75) is 39.3 Å². The van der Waals surface area contributed by atoms with Crippen LogP contribution in [0.3, 0.4) is 0 Å². The van der Waals surface area contributed by atoms with Crippen LogP contribution in [0.25, 0.3) is 0 Å². The van der Waals surface area contributed by atoms with E-state index in [1.54, 1.807) is 0 Å². The molecule has 144 valence electrons. The lowest BCUT2D eigenvalue weighted by molar-refractivity contribution is -0.123. The van der Waals surface area contributed by atoms with Gasteiger partial charge in [0.1, 0.15) is 6.61 Å². The van der Waals surface area contributed by atoms with Crippen LogP contribution >= 0.6 is 0 Å². The largest absolute Gasteiger partial charge is 0.444 e. The molecule has 2 N–H and O–H groups in total. The Balaban J connectivity index is 1.83. The van der Waals surface area contributed by atoms with Crippen LogP contribution in [0.5, 0.6) is 0 Å². The van der Waals surface area contributed by atoms with E-state index in [0.29, 0.717) is 6.54 Å². The minimum absolute atomic E-state index is 0.0997. The Labute approximate surface area is 161 Å². The summed E-state index contributed by atoms with van der Waals surface area (Å²) in [5.74, 6) is -0.252. The molecule has 5 nitrogen and oxygen atoms in total. The summed E-state index contributed by atoms with van der Waals surface area (Å²) in [5, 5.41) is 5.63. The average molecular weight is 368 g/mol. The number of rotatable bonds is 9. The molecule has 2 rings (SSSR count). The third kappa shape index (κ3) is 7.23. The molecule has 2 aromatic carbocycles. The van der Waals surface area contributed by atoms with Crippen LogP contribution in [0.1, 0.15) is 31.4 Å². The van der Waals surface area contributed by atoms with Crippen molar-refractivity contribution in [1.82, 2.24) is 10.6 Å². The second-order valence-electron chi connectivity index (χ2n) is 6.60. The summed E-state index contributed by atoms with van der Waals surface area (Å²) in [7, 11) is 0. The number of imide groups is 1. The summed E-state index contributed by atoms with van der Waals surface area (Å²) in [6.07, 6.45) is 0.927. The van der Waals surface area contributed by atoms with Gasteiger partial charge in [0.25, 0.3) is 0 Å². The van der Waals surface area contributed by atoms with Gasteiger partial charge in [-0.1, -0.05) is 80.9 Å². The van der Waals surface area contributed by atoms with Gasteiger partial charge in [-0.25, -0.2) is 4.79 Å². The first-order valence-corrected chi connectivity index (χ1v) is 9.39. The Morgan fingerprint density at radius 1 is 0.963 bits per heavy atom. The van der Waals surface area contributed by atoms with Crippen molar-refractivity contribution < 1.29 is 14.3 Å². The van der Waals surface area contributed by atoms with E-state index in [-0.39, 0.29) is 18.4 Å². The molecule has 0 saturated carbocycles. The first kappa shape index (κ1) is 20.6. The molecule has 0 aliphatic carbocycles. The Morgan fingerprint density at radius 2 is 1.56 bits per heavy atom. The molecule has 2 atom stereocenters. The molecule has 0 saturated heterocycles. The predicted molar refractivity (Wildman–Crippen MR) is 106 cm³/mol. The number of hydrogen-bond acceptors (Lipinski definition) is 4. The van der Waals surface area contributed by atoms with Gasteiger partial charge in [0.2, 0.25) is 5.91 Å². The molecule has 2 aromatic rings. The lowest BCUT2D eigenvalue weighted by atomic mass is 9.98. The molecular weight excluding hydrogens is 340 g/mol. The maximum Gasteiger partial charge on any atom is 0.414 e. The molecule has 2 amide bonds. The first-order valence-electron chi connectivity index (χ1n) is 9.39. The number of amides is 2. The molecule has 0 aliphatic rings. The first-order chi connectivity index (χ1) is 13.1. The Morgan fingerprint density at radius 3 is 2.15 bits per heavy atom. The number of alkyl carbamates (subject to hydrolysis) is 1. The SMILES string of the molecule is CC[C@H](C)[C@H](NCCc1ccccc1)C(=O)NC(=O)OCc1ccccc1. The summed E-state index contributed by atoms with van der Waals surface area (Å²) in [4.78, 5) is 24.5. The van der Waals surface area contributed by atoms with E-state index in [2.05, 4.69) is 22.8 Å². The molecule has 0 aromatic heterocycles. The minimum atomic E-state index is -0.720. The second kappa shape index (κ2) is 11.1. The van der Waals surface area contributed by atoms with Crippen molar-refractivity contribution in [2.24, 2.45) is 5.92 Å². The molecule has 27 heavy (non-hydrogen) atoms. The summed E-state index contributed by atoms with van der Waals surface area (Å²) in [5.41, 5.74) is 2.08. The van der Waals surface area contributed by atoms with E-state index in [0.717, 1.165) is 18.4 Å². The fourth-order valence-corrected chi connectivity index (χ4v) is 2.74. The molecule has 5 heteroatoms. The number of carbonyl (C=O) groups is 2.